The maximum atomic E-state index is 11.4. The number of hydrogen-bond acceptors (Lipinski definition) is 3. The first kappa shape index (κ1) is 12.7. The van der Waals surface area contributed by atoms with Gasteiger partial charge in [-0.15, -0.1) is 0 Å². The van der Waals surface area contributed by atoms with Gasteiger partial charge in [-0.1, -0.05) is 26.0 Å². The van der Waals surface area contributed by atoms with Gasteiger partial charge in [-0.3, -0.25) is 0 Å². The smallest absolute Gasteiger partial charge is 0.338 e. The molecule has 16 heavy (non-hydrogen) atoms. The first-order chi connectivity index (χ1) is 7.51. The third-order valence-corrected chi connectivity index (χ3v) is 2.57. The quantitative estimate of drug-likeness (QED) is 0.794. The average molecular weight is 222 g/mol. The molecule has 3 heteroatoms. The molecule has 0 bridgehead atoms. The Morgan fingerprint density at radius 3 is 2.31 bits per heavy atom. The fourth-order valence-electron chi connectivity index (χ4n) is 1.36. The second-order valence-corrected chi connectivity index (χ2v) is 4.34. The van der Waals surface area contributed by atoms with Gasteiger partial charge in [0, 0.05) is 5.41 Å². The summed E-state index contributed by atoms with van der Waals surface area (Å²) in [7, 11) is 0. The normalized spacial score (nSPS) is 11.2. The van der Waals surface area contributed by atoms with E-state index in [4.69, 9.17) is 4.74 Å². The third kappa shape index (κ3) is 2.83. The highest BCUT2D eigenvalue weighted by Crippen LogP contribution is 2.22. The van der Waals surface area contributed by atoms with E-state index in [0.29, 0.717) is 12.2 Å². The van der Waals surface area contributed by atoms with E-state index in [1.165, 1.54) is 0 Å². The lowest BCUT2D eigenvalue weighted by atomic mass is 9.85. The molecule has 0 aliphatic heterocycles. The van der Waals surface area contributed by atoms with Crippen molar-refractivity contribution in [2.24, 2.45) is 0 Å². The predicted octanol–water partition coefficient (Wildman–Crippen LogP) is 2.13. The third-order valence-electron chi connectivity index (χ3n) is 2.57. The maximum Gasteiger partial charge on any atom is 0.338 e. The minimum atomic E-state index is -0.309. The lowest BCUT2D eigenvalue weighted by Crippen LogP contribution is -2.22. The molecule has 0 radical (unpaired) electrons. The van der Waals surface area contributed by atoms with Gasteiger partial charge in [-0.05, 0) is 24.6 Å². The SMILES string of the molecule is CCOC(=O)c1ccc(C(C)(C)CO)cc1. The molecule has 1 rings (SSSR count). The number of hydrogen-bond donors (Lipinski definition) is 1. The Bertz CT molecular complexity index is 352. The Labute approximate surface area is 96.1 Å². The van der Waals surface area contributed by atoms with Crippen molar-refractivity contribution in [3.05, 3.63) is 35.4 Å². The van der Waals surface area contributed by atoms with Crippen molar-refractivity contribution in [3.63, 3.8) is 0 Å². The van der Waals surface area contributed by atoms with Crippen LogP contribution < -0.4 is 0 Å². The molecule has 0 aromatic heterocycles. The summed E-state index contributed by atoms with van der Waals surface area (Å²) in [4.78, 5) is 11.4. The van der Waals surface area contributed by atoms with Crippen LogP contribution in [0.25, 0.3) is 0 Å². The van der Waals surface area contributed by atoms with Crippen LogP contribution in [0, 0.1) is 0 Å². The van der Waals surface area contributed by atoms with Gasteiger partial charge in [0.2, 0.25) is 0 Å². The molecule has 0 atom stereocenters. The van der Waals surface area contributed by atoms with E-state index in [1.807, 2.05) is 26.0 Å². The summed E-state index contributed by atoms with van der Waals surface area (Å²) in [5, 5.41) is 9.22. The van der Waals surface area contributed by atoms with Crippen LogP contribution in [0.4, 0.5) is 0 Å². The summed E-state index contributed by atoms with van der Waals surface area (Å²) in [6, 6.07) is 7.15. The van der Waals surface area contributed by atoms with Crippen LogP contribution >= 0.6 is 0 Å². The standard InChI is InChI=1S/C13H18O3/c1-4-16-12(15)10-5-7-11(8-6-10)13(2,3)9-14/h5-8,14H,4,9H2,1-3H3. The first-order valence-electron chi connectivity index (χ1n) is 5.40. The number of esters is 1. The minimum Gasteiger partial charge on any atom is -0.462 e. The predicted molar refractivity (Wildman–Crippen MR) is 62.5 cm³/mol. The van der Waals surface area contributed by atoms with Crippen LogP contribution in [0.1, 0.15) is 36.7 Å². The summed E-state index contributed by atoms with van der Waals surface area (Å²) >= 11 is 0. The Hall–Kier alpha value is -1.35. The van der Waals surface area contributed by atoms with Gasteiger partial charge in [0.25, 0.3) is 0 Å². The molecule has 0 saturated carbocycles. The van der Waals surface area contributed by atoms with Crippen LogP contribution in [-0.2, 0) is 10.2 Å². The fraction of sp³-hybridized carbons (Fsp3) is 0.462. The van der Waals surface area contributed by atoms with Crippen molar-refractivity contribution in [1.29, 1.82) is 0 Å². The molecule has 1 aromatic rings. The molecule has 0 unspecified atom stereocenters. The molecule has 0 fully saturated rings. The van der Waals surface area contributed by atoms with Gasteiger partial charge < -0.3 is 9.84 Å². The zero-order valence-corrected chi connectivity index (χ0v) is 9.99. The van der Waals surface area contributed by atoms with Gasteiger partial charge in [-0.2, -0.15) is 0 Å². The lowest BCUT2D eigenvalue weighted by Gasteiger charge is -2.22. The Kier molecular flexibility index (Phi) is 4.07. The van der Waals surface area contributed by atoms with E-state index in [9.17, 15) is 9.90 Å². The van der Waals surface area contributed by atoms with Gasteiger partial charge in [0.1, 0.15) is 0 Å². The van der Waals surface area contributed by atoms with Crippen molar-refractivity contribution in [2.45, 2.75) is 26.2 Å². The summed E-state index contributed by atoms with van der Waals surface area (Å²) in [5.74, 6) is -0.309. The van der Waals surface area contributed by atoms with Crippen LogP contribution in [-0.4, -0.2) is 24.3 Å². The number of benzene rings is 1. The number of ether oxygens (including phenoxy) is 1. The molecule has 3 nitrogen and oxygen atoms in total. The molecule has 0 aliphatic carbocycles. The molecule has 1 aromatic carbocycles. The number of carbonyl (C=O) groups is 1. The van der Waals surface area contributed by atoms with Crippen LogP contribution in [0.15, 0.2) is 24.3 Å². The number of rotatable bonds is 4. The summed E-state index contributed by atoms with van der Waals surface area (Å²) in [6.07, 6.45) is 0. The molecule has 0 spiro atoms. The molecule has 88 valence electrons. The summed E-state index contributed by atoms with van der Waals surface area (Å²) < 4.78 is 4.89. The van der Waals surface area contributed by atoms with Crippen molar-refractivity contribution >= 4 is 5.97 Å². The zero-order chi connectivity index (χ0) is 12.2. The lowest BCUT2D eigenvalue weighted by molar-refractivity contribution is 0.0526. The Morgan fingerprint density at radius 1 is 1.31 bits per heavy atom. The van der Waals surface area contributed by atoms with E-state index in [1.54, 1.807) is 19.1 Å². The van der Waals surface area contributed by atoms with E-state index in [2.05, 4.69) is 0 Å². The van der Waals surface area contributed by atoms with E-state index < -0.39 is 0 Å². The van der Waals surface area contributed by atoms with Crippen LogP contribution in [0.2, 0.25) is 0 Å². The second kappa shape index (κ2) is 5.12. The van der Waals surface area contributed by atoms with E-state index >= 15 is 0 Å². The monoisotopic (exact) mass is 222 g/mol. The summed E-state index contributed by atoms with van der Waals surface area (Å²) in [6.45, 7) is 6.13. The highest BCUT2D eigenvalue weighted by molar-refractivity contribution is 5.89. The highest BCUT2D eigenvalue weighted by Gasteiger charge is 2.19. The van der Waals surface area contributed by atoms with Crippen molar-refractivity contribution in [1.82, 2.24) is 0 Å². The Morgan fingerprint density at radius 2 is 1.88 bits per heavy atom. The Balaban J connectivity index is 2.87. The van der Waals surface area contributed by atoms with Gasteiger partial charge >= 0.3 is 5.97 Å². The zero-order valence-electron chi connectivity index (χ0n) is 9.99. The van der Waals surface area contributed by atoms with Gasteiger partial charge in [-0.25, -0.2) is 4.79 Å². The summed E-state index contributed by atoms with van der Waals surface area (Å²) in [5.41, 5.74) is 1.26. The topological polar surface area (TPSA) is 46.5 Å². The van der Waals surface area contributed by atoms with Gasteiger partial charge in [0.05, 0.1) is 18.8 Å². The van der Waals surface area contributed by atoms with Gasteiger partial charge in [0.15, 0.2) is 0 Å². The van der Waals surface area contributed by atoms with Crippen LogP contribution in [0.3, 0.4) is 0 Å². The van der Waals surface area contributed by atoms with Crippen molar-refractivity contribution in [2.75, 3.05) is 13.2 Å². The average Bonchev–Trinajstić information content (AvgIpc) is 2.29. The van der Waals surface area contributed by atoms with Crippen LogP contribution in [0.5, 0.6) is 0 Å². The number of aliphatic hydroxyl groups excluding tert-OH is 1. The van der Waals surface area contributed by atoms with E-state index in [-0.39, 0.29) is 18.0 Å². The first-order valence-corrected chi connectivity index (χ1v) is 5.40. The molecular formula is C13H18O3. The maximum absolute atomic E-state index is 11.4. The second-order valence-electron chi connectivity index (χ2n) is 4.34. The molecule has 1 N–H and O–H groups in total. The highest BCUT2D eigenvalue weighted by atomic mass is 16.5. The molecule has 0 heterocycles. The number of carbonyl (C=O) groups excluding carboxylic acids is 1. The van der Waals surface area contributed by atoms with Crippen molar-refractivity contribution in [3.8, 4) is 0 Å². The molecule has 0 aliphatic rings. The fourth-order valence-corrected chi connectivity index (χ4v) is 1.36. The van der Waals surface area contributed by atoms with E-state index in [0.717, 1.165) is 5.56 Å². The largest absolute Gasteiger partial charge is 0.462 e. The molecule has 0 amide bonds. The molecule has 0 saturated heterocycles. The minimum absolute atomic E-state index is 0.0752. The van der Waals surface area contributed by atoms with Crippen molar-refractivity contribution < 1.29 is 14.6 Å². The number of aliphatic hydroxyl groups is 1. The molecular weight excluding hydrogens is 204 g/mol.